The summed E-state index contributed by atoms with van der Waals surface area (Å²) in [7, 11) is 0. The van der Waals surface area contributed by atoms with Crippen molar-refractivity contribution >= 4 is 17.5 Å². The highest BCUT2D eigenvalue weighted by Gasteiger charge is 1.97. The number of carbonyl (C=O) groups excluding carboxylic acids is 1. The summed E-state index contributed by atoms with van der Waals surface area (Å²) < 4.78 is 5.21. The van der Waals surface area contributed by atoms with Crippen molar-refractivity contribution in [1.82, 2.24) is 0 Å². The van der Waals surface area contributed by atoms with E-state index in [0.29, 0.717) is 21.9 Å². The van der Waals surface area contributed by atoms with Crippen molar-refractivity contribution in [3.63, 3.8) is 0 Å². The Hall–Kier alpha value is -3.02. The van der Waals surface area contributed by atoms with Crippen molar-refractivity contribution in [2.75, 3.05) is 6.61 Å². The maximum atomic E-state index is 10.4. The molecule has 2 rings (SSSR count). The van der Waals surface area contributed by atoms with Crippen LogP contribution in [0.3, 0.4) is 0 Å². The van der Waals surface area contributed by atoms with E-state index in [2.05, 4.69) is 0 Å². The van der Waals surface area contributed by atoms with Gasteiger partial charge in [0.1, 0.15) is 11.8 Å². The third kappa shape index (κ3) is 6.99. The molecule has 0 unspecified atom stereocenters. The van der Waals surface area contributed by atoms with E-state index in [9.17, 15) is 4.79 Å². The van der Waals surface area contributed by atoms with E-state index < -0.39 is 5.91 Å². The Bertz CT molecular complexity index is 731. The number of halogens is 1. The van der Waals surface area contributed by atoms with E-state index in [1.165, 1.54) is 0 Å². The molecule has 23 heavy (non-hydrogen) atoms. The van der Waals surface area contributed by atoms with Gasteiger partial charge in [0.05, 0.1) is 35.2 Å². The molecule has 2 aromatic carbocycles. The minimum Gasteiger partial charge on any atom is -0.493 e. The molecule has 6 heteroatoms. The first-order valence-electron chi connectivity index (χ1n) is 6.62. The molecule has 1 amide bonds. The van der Waals surface area contributed by atoms with Gasteiger partial charge in [0.15, 0.2) is 0 Å². The zero-order chi connectivity index (χ0) is 17.1. The van der Waals surface area contributed by atoms with E-state index >= 15 is 0 Å². The van der Waals surface area contributed by atoms with E-state index in [1.807, 2.05) is 12.1 Å². The van der Waals surface area contributed by atoms with Gasteiger partial charge in [-0.1, -0.05) is 23.7 Å². The molecule has 0 aliphatic heterocycles. The summed E-state index contributed by atoms with van der Waals surface area (Å²) >= 11 is 5.60. The Labute approximate surface area is 139 Å². The van der Waals surface area contributed by atoms with Crippen LogP contribution in [0.4, 0.5) is 0 Å². The summed E-state index contributed by atoms with van der Waals surface area (Å²) in [5, 5.41) is 17.4. The minimum atomic E-state index is -0.390. The van der Waals surface area contributed by atoms with Crippen LogP contribution in [0.15, 0.2) is 48.5 Å². The second-order valence-electron chi connectivity index (χ2n) is 4.29. The Morgan fingerprint density at radius 1 is 1.09 bits per heavy atom. The molecule has 0 atom stereocenters. The lowest BCUT2D eigenvalue weighted by molar-refractivity contribution is -0.118. The molecule has 0 fully saturated rings. The Balaban J connectivity index is 0.000000253. The standard InChI is InChI=1S/C10H10N2O2.C7H4ClN/c11-7-8-1-3-9(4-2-8)14-6-5-10(12)13;8-7-4-2-1-3-6(7)5-9/h1-4H,5-6H2,(H2,12,13);1-4H. The van der Waals surface area contributed by atoms with E-state index in [-0.39, 0.29) is 13.0 Å². The predicted octanol–water partition coefficient (Wildman–Crippen LogP) is 3.02. The molecule has 0 saturated carbocycles. The highest BCUT2D eigenvalue weighted by Crippen LogP contribution is 2.12. The fourth-order valence-corrected chi connectivity index (χ4v) is 1.63. The lowest BCUT2D eigenvalue weighted by Gasteiger charge is -2.03. The number of nitrogens with two attached hydrogens (primary N) is 1. The van der Waals surface area contributed by atoms with Crippen LogP contribution in [-0.4, -0.2) is 12.5 Å². The quantitative estimate of drug-likeness (QED) is 0.932. The van der Waals surface area contributed by atoms with Gasteiger partial charge >= 0.3 is 0 Å². The van der Waals surface area contributed by atoms with Gasteiger partial charge in [-0.15, -0.1) is 0 Å². The van der Waals surface area contributed by atoms with Gasteiger partial charge in [-0.25, -0.2) is 0 Å². The predicted molar refractivity (Wildman–Crippen MR) is 86.6 cm³/mol. The first kappa shape index (κ1) is 18.0. The van der Waals surface area contributed by atoms with Crippen molar-refractivity contribution in [1.29, 1.82) is 10.5 Å². The van der Waals surface area contributed by atoms with Gasteiger partial charge in [-0.3, -0.25) is 4.79 Å². The molecule has 0 radical (unpaired) electrons. The highest BCUT2D eigenvalue weighted by atomic mass is 35.5. The molecular formula is C17H14ClN3O2. The van der Waals surface area contributed by atoms with Gasteiger partial charge in [-0.2, -0.15) is 10.5 Å². The zero-order valence-corrected chi connectivity index (χ0v) is 13.0. The van der Waals surface area contributed by atoms with Crippen molar-refractivity contribution in [3.05, 3.63) is 64.7 Å². The number of primary amides is 1. The van der Waals surface area contributed by atoms with Crippen LogP contribution in [0.25, 0.3) is 0 Å². The Kier molecular flexibility index (Phi) is 7.71. The fourth-order valence-electron chi connectivity index (χ4n) is 1.45. The molecule has 5 nitrogen and oxygen atoms in total. The minimum absolute atomic E-state index is 0.194. The van der Waals surface area contributed by atoms with Crippen LogP contribution in [0.5, 0.6) is 5.75 Å². The third-order valence-electron chi connectivity index (χ3n) is 2.59. The smallest absolute Gasteiger partial charge is 0.220 e. The summed E-state index contributed by atoms with van der Waals surface area (Å²) in [5.74, 6) is 0.240. The monoisotopic (exact) mass is 327 g/mol. The zero-order valence-electron chi connectivity index (χ0n) is 12.2. The molecule has 0 spiro atoms. The number of nitrogens with zero attached hydrogens (tertiary/aromatic N) is 2. The topological polar surface area (TPSA) is 99.9 Å². The summed E-state index contributed by atoms with van der Waals surface area (Å²) in [6.07, 6.45) is 0.194. The number of carbonyl (C=O) groups is 1. The largest absolute Gasteiger partial charge is 0.493 e. The maximum Gasteiger partial charge on any atom is 0.220 e. The second kappa shape index (κ2) is 9.83. The molecule has 2 N–H and O–H groups in total. The number of ether oxygens (including phenoxy) is 1. The normalized spacial score (nSPS) is 8.83. The number of hydrogen-bond acceptors (Lipinski definition) is 4. The molecule has 0 heterocycles. The average Bonchev–Trinajstić information content (AvgIpc) is 2.56. The van der Waals surface area contributed by atoms with Crippen LogP contribution in [0.2, 0.25) is 5.02 Å². The maximum absolute atomic E-state index is 10.4. The second-order valence-corrected chi connectivity index (χ2v) is 4.70. The third-order valence-corrected chi connectivity index (χ3v) is 2.92. The Morgan fingerprint density at radius 2 is 1.74 bits per heavy atom. The lowest BCUT2D eigenvalue weighted by atomic mass is 10.2. The van der Waals surface area contributed by atoms with Gasteiger partial charge in [0.25, 0.3) is 0 Å². The first-order chi connectivity index (χ1) is 11.1. The van der Waals surface area contributed by atoms with Crippen molar-refractivity contribution in [3.8, 4) is 17.9 Å². The van der Waals surface area contributed by atoms with E-state index in [1.54, 1.807) is 48.5 Å². The van der Waals surface area contributed by atoms with Crippen LogP contribution in [-0.2, 0) is 4.79 Å². The Morgan fingerprint density at radius 3 is 2.22 bits per heavy atom. The number of amides is 1. The SMILES string of the molecule is N#Cc1ccc(OCCC(N)=O)cc1.N#Cc1ccccc1Cl. The molecular weight excluding hydrogens is 314 g/mol. The van der Waals surface area contributed by atoms with Crippen molar-refractivity contribution in [2.45, 2.75) is 6.42 Å². The summed E-state index contributed by atoms with van der Waals surface area (Å²) in [5.41, 5.74) is 6.04. The van der Waals surface area contributed by atoms with Crippen LogP contribution in [0, 0.1) is 22.7 Å². The van der Waals surface area contributed by atoms with E-state index in [0.717, 1.165) is 0 Å². The molecule has 0 bridgehead atoms. The summed E-state index contributed by atoms with van der Waals surface area (Å²) in [6, 6.07) is 17.6. The number of nitriles is 2. The number of benzene rings is 2. The summed E-state index contributed by atoms with van der Waals surface area (Å²) in [6.45, 7) is 0.265. The average molecular weight is 328 g/mol. The van der Waals surface area contributed by atoms with Crippen LogP contribution < -0.4 is 10.5 Å². The molecule has 116 valence electrons. The van der Waals surface area contributed by atoms with Crippen LogP contribution >= 0.6 is 11.6 Å². The van der Waals surface area contributed by atoms with Gasteiger partial charge < -0.3 is 10.5 Å². The van der Waals surface area contributed by atoms with Crippen molar-refractivity contribution in [2.24, 2.45) is 5.73 Å². The molecule has 0 aliphatic carbocycles. The van der Waals surface area contributed by atoms with Crippen LogP contribution in [0.1, 0.15) is 17.5 Å². The summed E-state index contributed by atoms with van der Waals surface area (Å²) in [4.78, 5) is 10.4. The fraction of sp³-hybridized carbons (Fsp3) is 0.118. The van der Waals surface area contributed by atoms with Gasteiger partial charge in [0, 0.05) is 0 Å². The lowest BCUT2D eigenvalue weighted by Crippen LogP contribution is -2.14. The first-order valence-corrected chi connectivity index (χ1v) is 7.00. The number of rotatable bonds is 4. The molecule has 0 aromatic heterocycles. The number of hydrogen-bond donors (Lipinski definition) is 1. The van der Waals surface area contributed by atoms with Crippen molar-refractivity contribution < 1.29 is 9.53 Å². The van der Waals surface area contributed by atoms with Gasteiger partial charge in [-0.05, 0) is 36.4 Å². The van der Waals surface area contributed by atoms with Gasteiger partial charge in [0.2, 0.25) is 5.91 Å². The molecule has 0 saturated heterocycles. The van der Waals surface area contributed by atoms with E-state index in [4.69, 9.17) is 32.6 Å². The molecule has 2 aromatic rings. The highest BCUT2D eigenvalue weighted by molar-refractivity contribution is 6.31. The molecule has 0 aliphatic rings.